The van der Waals surface area contributed by atoms with Crippen LogP contribution in [0.2, 0.25) is 0 Å². The van der Waals surface area contributed by atoms with Crippen molar-refractivity contribution in [3.05, 3.63) is 27.3 Å². The van der Waals surface area contributed by atoms with E-state index in [4.69, 9.17) is 6.42 Å². The van der Waals surface area contributed by atoms with Gasteiger partial charge in [0, 0.05) is 28.1 Å². The van der Waals surface area contributed by atoms with E-state index in [2.05, 4.69) is 28.5 Å². The number of rotatable bonds is 1. The van der Waals surface area contributed by atoms with Crippen molar-refractivity contribution in [1.29, 1.82) is 0 Å². The first-order valence-corrected chi connectivity index (χ1v) is 6.23. The molecule has 82 valence electrons. The Hall–Kier alpha value is -1.02. The van der Waals surface area contributed by atoms with E-state index < -0.39 is 0 Å². The molecule has 1 unspecified atom stereocenters. The standard InChI is InChI=1S/C13H12INO/c1-3-10-7-13(16)15(8-10)12-6-4-5-11(14)9(12)2/h1,4-6,10H,7-8H2,2H3. The monoisotopic (exact) mass is 325 g/mol. The summed E-state index contributed by atoms with van der Waals surface area (Å²) < 4.78 is 1.17. The Bertz CT molecular complexity index is 475. The van der Waals surface area contributed by atoms with Crippen LogP contribution in [0, 0.1) is 28.8 Å². The Morgan fingerprint density at radius 2 is 2.31 bits per heavy atom. The van der Waals surface area contributed by atoms with Crippen LogP contribution in [0.4, 0.5) is 5.69 Å². The van der Waals surface area contributed by atoms with Gasteiger partial charge >= 0.3 is 0 Å². The minimum absolute atomic E-state index is 0.0600. The smallest absolute Gasteiger partial charge is 0.228 e. The summed E-state index contributed by atoms with van der Waals surface area (Å²) in [6.45, 7) is 2.68. The fourth-order valence-electron chi connectivity index (χ4n) is 1.94. The summed E-state index contributed by atoms with van der Waals surface area (Å²) in [5, 5.41) is 0. The van der Waals surface area contributed by atoms with Crippen molar-refractivity contribution in [1.82, 2.24) is 0 Å². The number of carbonyl (C=O) groups excluding carboxylic acids is 1. The fourth-order valence-corrected chi connectivity index (χ4v) is 2.42. The lowest BCUT2D eigenvalue weighted by atomic mass is 10.1. The van der Waals surface area contributed by atoms with E-state index in [1.807, 2.05) is 30.0 Å². The van der Waals surface area contributed by atoms with E-state index in [0.717, 1.165) is 11.3 Å². The fraction of sp³-hybridized carbons (Fsp3) is 0.308. The quantitative estimate of drug-likeness (QED) is 0.574. The van der Waals surface area contributed by atoms with E-state index >= 15 is 0 Å². The van der Waals surface area contributed by atoms with Crippen molar-refractivity contribution >= 4 is 34.2 Å². The number of hydrogen-bond donors (Lipinski definition) is 0. The van der Waals surface area contributed by atoms with Crippen LogP contribution >= 0.6 is 22.6 Å². The van der Waals surface area contributed by atoms with Gasteiger partial charge in [-0.3, -0.25) is 4.79 Å². The summed E-state index contributed by atoms with van der Waals surface area (Å²) in [6.07, 6.45) is 5.85. The first-order chi connectivity index (χ1) is 7.63. The third-order valence-corrected chi connectivity index (χ3v) is 4.06. The highest BCUT2D eigenvalue weighted by atomic mass is 127. The largest absolute Gasteiger partial charge is 0.311 e. The third kappa shape index (κ3) is 1.94. The Kier molecular flexibility index (Phi) is 3.20. The van der Waals surface area contributed by atoms with Crippen molar-refractivity contribution < 1.29 is 4.79 Å². The molecular formula is C13H12INO. The predicted molar refractivity (Wildman–Crippen MR) is 73.2 cm³/mol. The van der Waals surface area contributed by atoms with Gasteiger partial charge in [0.25, 0.3) is 0 Å². The summed E-state index contributed by atoms with van der Waals surface area (Å²) in [7, 11) is 0. The predicted octanol–water partition coefficient (Wildman–Crippen LogP) is 2.59. The third-order valence-electron chi connectivity index (χ3n) is 2.89. The molecule has 1 amide bonds. The van der Waals surface area contributed by atoms with Crippen LogP contribution in [-0.2, 0) is 4.79 Å². The van der Waals surface area contributed by atoms with Crippen molar-refractivity contribution in [2.24, 2.45) is 5.92 Å². The normalized spacial score (nSPS) is 19.9. The molecule has 0 bridgehead atoms. The highest BCUT2D eigenvalue weighted by Gasteiger charge is 2.30. The van der Waals surface area contributed by atoms with Crippen LogP contribution in [0.25, 0.3) is 0 Å². The number of hydrogen-bond acceptors (Lipinski definition) is 1. The van der Waals surface area contributed by atoms with Gasteiger partial charge in [-0.2, -0.15) is 0 Å². The van der Waals surface area contributed by atoms with Gasteiger partial charge in [0.1, 0.15) is 0 Å². The molecular weight excluding hydrogens is 313 g/mol. The SMILES string of the molecule is C#CC1CC(=O)N(c2cccc(I)c2C)C1. The van der Waals surface area contributed by atoms with Crippen molar-refractivity contribution in [2.75, 3.05) is 11.4 Å². The Morgan fingerprint density at radius 3 is 2.94 bits per heavy atom. The Labute approximate surface area is 109 Å². The number of terminal acetylenes is 1. The zero-order valence-corrected chi connectivity index (χ0v) is 11.2. The molecule has 16 heavy (non-hydrogen) atoms. The summed E-state index contributed by atoms with van der Waals surface area (Å²) in [5.74, 6) is 2.86. The summed E-state index contributed by atoms with van der Waals surface area (Å²) >= 11 is 2.28. The molecule has 1 atom stereocenters. The van der Waals surface area contributed by atoms with Gasteiger partial charge in [-0.25, -0.2) is 0 Å². The average Bonchev–Trinajstić information content (AvgIpc) is 2.64. The molecule has 0 aliphatic carbocycles. The first kappa shape index (κ1) is 11.5. The second-order valence-electron chi connectivity index (χ2n) is 3.96. The maximum Gasteiger partial charge on any atom is 0.228 e. The molecule has 2 rings (SSSR count). The van der Waals surface area contributed by atoms with Gasteiger partial charge in [-0.1, -0.05) is 6.07 Å². The molecule has 0 spiro atoms. The van der Waals surface area contributed by atoms with Crippen LogP contribution in [0.5, 0.6) is 0 Å². The highest BCUT2D eigenvalue weighted by molar-refractivity contribution is 14.1. The molecule has 0 aromatic heterocycles. The minimum Gasteiger partial charge on any atom is -0.311 e. The zero-order valence-electron chi connectivity index (χ0n) is 9.03. The Morgan fingerprint density at radius 1 is 1.56 bits per heavy atom. The van der Waals surface area contributed by atoms with Gasteiger partial charge in [0.15, 0.2) is 0 Å². The number of amides is 1. The highest BCUT2D eigenvalue weighted by Crippen LogP contribution is 2.29. The van der Waals surface area contributed by atoms with E-state index in [1.54, 1.807) is 0 Å². The van der Waals surface area contributed by atoms with Gasteiger partial charge in [0.05, 0.1) is 0 Å². The molecule has 1 saturated heterocycles. The molecule has 0 radical (unpaired) electrons. The molecule has 0 saturated carbocycles. The lowest BCUT2D eigenvalue weighted by molar-refractivity contribution is -0.117. The molecule has 1 aliphatic rings. The van der Waals surface area contributed by atoms with Crippen molar-refractivity contribution in [2.45, 2.75) is 13.3 Å². The number of nitrogens with zero attached hydrogens (tertiary/aromatic N) is 1. The van der Waals surface area contributed by atoms with Crippen LogP contribution in [0.1, 0.15) is 12.0 Å². The number of halogens is 1. The summed E-state index contributed by atoms with van der Waals surface area (Å²) in [6, 6.07) is 5.99. The molecule has 1 fully saturated rings. The molecule has 1 aliphatic heterocycles. The van der Waals surface area contributed by atoms with E-state index in [9.17, 15) is 4.79 Å². The summed E-state index contributed by atoms with van der Waals surface area (Å²) in [5.41, 5.74) is 2.14. The van der Waals surface area contributed by atoms with Crippen molar-refractivity contribution in [3.63, 3.8) is 0 Å². The maximum absolute atomic E-state index is 11.8. The maximum atomic E-state index is 11.8. The molecule has 1 heterocycles. The van der Waals surface area contributed by atoms with Gasteiger partial charge in [-0.05, 0) is 47.2 Å². The Balaban J connectivity index is 2.36. The zero-order chi connectivity index (χ0) is 11.7. The van der Waals surface area contributed by atoms with Gasteiger partial charge in [-0.15, -0.1) is 12.3 Å². The van der Waals surface area contributed by atoms with Gasteiger partial charge < -0.3 is 4.90 Å². The molecule has 1 aromatic rings. The second-order valence-corrected chi connectivity index (χ2v) is 5.12. The van der Waals surface area contributed by atoms with E-state index in [0.29, 0.717) is 13.0 Å². The van der Waals surface area contributed by atoms with Gasteiger partial charge in [0.2, 0.25) is 5.91 Å². The minimum atomic E-state index is 0.0600. The van der Waals surface area contributed by atoms with E-state index in [-0.39, 0.29) is 11.8 Å². The van der Waals surface area contributed by atoms with Crippen LogP contribution in [0.15, 0.2) is 18.2 Å². The summed E-state index contributed by atoms with van der Waals surface area (Å²) in [4.78, 5) is 13.6. The topological polar surface area (TPSA) is 20.3 Å². The number of anilines is 1. The first-order valence-electron chi connectivity index (χ1n) is 5.15. The lowest BCUT2D eigenvalue weighted by Gasteiger charge is -2.19. The average molecular weight is 325 g/mol. The molecule has 0 N–H and O–H groups in total. The van der Waals surface area contributed by atoms with E-state index in [1.165, 1.54) is 3.57 Å². The van der Waals surface area contributed by atoms with Crippen LogP contribution < -0.4 is 4.90 Å². The van der Waals surface area contributed by atoms with Crippen LogP contribution in [0.3, 0.4) is 0 Å². The number of carbonyl (C=O) groups is 1. The molecule has 3 heteroatoms. The number of benzene rings is 1. The lowest BCUT2D eigenvalue weighted by Crippen LogP contribution is -2.25. The molecule has 1 aromatic carbocycles. The second kappa shape index (κ2) is 4.46. The molecule has 2 nitrogen and oxygen atoms in total. The van der Waals surface area contributed by atoms with Crippen molar-refractivity contribution in [3.8, 4) is 12.3 Å². The van der Waals surface area contributed by atoms with Crippen LogP contribution in [-0.4, -0.2) is 12.5 Å².